The molecule has 1 heterocycles. The van der Waals surface area contributed by atoms with E-state index in [-0.39, 0.29) is 5.41 Å². The maximum atomic E-state index is 10.1. The van der Waals surface area contributed by atoms with Crippen LogP contribution in [0.5, 0.6) is 5.75 Å². The minimum absolute atomic E-state index is 0.142. The number of hydrogen-bond donors (Lipinski definition) is 1. The first kappa shape index (κ1) is 27.3. The molecule has 0 unspecified atom stereocenters. The molecule has 1 aliphatic heterocycles. The van der Waals surface area contributed by atoms with Crippen molar-refractivity contribution in [1.29, 1.82) is 0 Å². The summed E-state index contributed by atoms with van der Waals surface area (Å²) in [5.74, 6) is 1.78. The van der Waals surface area contributed by atoms with E-state index in [1.54, 1.807) is 13.8 Å². The van der Waals surface area contributed by atoms with Crippen LogP contribution in [0.4, 0.5) is 0 Å². The summed E-state index contributed by atoms with van der Waals surface area (Å²) < 4.78 is 6.12. The van der Waals surface area contributed by atoms with Gasteiger partial charge in [-0.05, 0) is 55.9 Å². The molecule has 29 heavy (non-hydrogen) atoms. The number of carbonyl (C=O) groups excluding carboxylic acids is 2. The molecular formula is C24H41NO4. The summed E-state index contributed by atoms with van der Waals surface area (Å²) in [5, 5.41) is 7.00. The van der Waals surface area contributed by atoms with Crippen LogP contribution < -0.4 is 4.74 Å². The van der Waals surface area contributed by atoms with E-state index < -0.39 is 5.41 Å². The second-order valence-electron chi connectivity index (χ2n) is 9.28. The molecule has 0 aliphatic carbocycles. The molecule has 0 atom stereocenters. The van der Waals surface area contributed by atoms with Gasteiger partial charge in [0.1, 0.15) is 18.3 Å². The van der Waals surface area contributed by atoms with Gasteiger partial charge in [-0.15, -0.1) is 0 Å². The van der Waals surface area contributed by atoms with Crippen molar-refractivity contribution in [2.75, 3.05) is 33.9 Å². The first-order valence-corrected chi connectivity index (χ1v) is 10.3. The largest absolute Gasteiger partial charge is 0.493 e. The minimum atomic E-state index is -0.457. The number of hydrogen-bond acceptors (Lipinski definition) is 5. The summed E-state index contributed by atoms with van der Waals surface area (Å²) in [6, 6.07) is 8.46. The molecule has 1 N–H and O–H groups in total. The number of piperidine rings is 1. The van der Waals surface area contributed by atoms with Crippen LogP contribution in [0.2, 0.25) is 0 Å². The van der Waals surface area contributed by atoms with Crippen molar-refractivity contribution in [3.8, 4) is 5.75 Å². The Morgan fingerprint density at radius 2 is 1.62 bits per heavy atom. The van der Waals surface area contributed by atoms with Gasteiger partial charge in [0.15, 0.2) is 0 Å². The quantitative estimate of drug-likeness (QED) is 0.719. The Morgan fingerprint density at radius 1 is 1.07 bits per heavy atom. The molecule has 166 valence electrons. The second kappa shape index (κ2) is 13.5. The number of carbonyl (C=O) groups is 2. The maximum Gasteiger partial charge on any atom is 0.126 e. The highest BCUT2D eigenvalue weighted by molar-refractivity contribution is 5.65. The van der Waals surface area contributed by atoms with Gasteiger partial charge in [0, 0.05) is 18.9 Å². The summed E-state index contributed by atoms with van der Waals surface area (Å²) >= 11 is 0. The van der Waals surface area contributed by atoms with E-state index in [0.29, 0.717) is 12.3 Å². The van der Waals surface area contributed by atoms with E-state index in [9.17, 15) is 9.59 Å². The SMILES string of the molecule is CC(C)(C=O)CC=O.CN1CCC(COc2ccccc2C(C)(C)C)CC1.CO. The summed E-state index contributed by atoms with van der Waals surface area (Å²) in [6.07, 6.45) is 4.38. The van der Waals surface area contributed by atoms with Crippen molar-refractivity contribution in [3.63, 3.8) is 0 Å². The lowest BCUT2D eigenvalue weighted by Crippen LogP contribution is -2.32. The Hall–Kier alpha value is -1.72. The third-order valence-corrected chi connectivity index (χ3v) is 4.94. The van der Waals surface area contributed by atoms with Crippen LogP contribution in [0.15, 0.2) is 24.3 Å². The molecule has 0 saturated carbocycles. The molecule has 1 aromatic carbocycles. The fraction of sp³-hybridized carbons (Fsp3) is 0.667. The van der Waals surface area contributed by atoms with Gasteiger partial charge in [0.2, 0.25) is 0 Å². The highest BCUT2D eigenvalue weighted by atomic mass is 16.5. The van der Waals surface area contributed by atoms with Crippen LogP contribution in [0, 0.1) is 11.3 Å². The van der Waals surface area contributed by atoms with Crippen LogP contribution in [0.3, 0.4) is 0 Å². The van der Waals surface area contributed by atoms with E-state index in [2.05, 4.69) is 57.0 Å². The predicted octanol–water partition coefficient (Wildman–Crippen LogP) is 4.11. The number of benzene rings is 1. The predicted molar refractivity (Wildman–Crippen MR) is 120 cm³/mol. The van der Waals surface area contributed by atoms with E-state index in [0.717, 1.165) is 32.0 Å². The molecule has 2 rings (SSSR count). The first-order chi connectivity index (χ1) is 13.6. The molecule has 0 bridgehead atoms. The third-order valence-electron chi connectivity index (χ3n) is 4.94. The number of likely N-dealkylation sites (tertiary alicyclic amines) is 1. The summed E-state index contributed by atoms with van der Waals surface area (Å²) in [7, 11) is 3.20. The van der Waals surface area contributed by atoms with Crippen LogP contribution in [-0.4, -0.2) is 56.4 Å². The molecule has 5 heteroatoms. The highest BCUT2D eigenvalue weighted by Crippen LogP contribution is 2.31. The number of nitrogens with zero attached hydrogens (tertiary/aromatic N) is 1. The van der Waals surface area contributed by atoms with Gasteiger partial charge in [-0.2, -0.15) is 0 Å². The van der Waals surface area contributed by atoms with Gasteiger partial charge in [-0.3, -0.25) is 0 Å². The smallest absolute Gasteiger partial charge is 0.126 e. The first-order valence-electron chi connectivity index (χ1n) is 10.3. The average molecular weight is 408 g/mol. The van der Waals surface area contributed by atoms with Crippen molar-refractivity contribution >= 4 is 12.6 Å². The van der Waals surface area contributed by atoms with Gasteiger partial charge in [-0.25, -0.2) is 0 Å². The van der Waals surface area contributed by atoms with Crippen LogP contribution >= 0.6 is 0 Å². The molecule has 5 nitrogen and oxygen atoms in total. The van der Waals surface area contributed by atoms with Gasteiger partial charge < -0.3 is 24.3 Å². The van der Waals surface area contributed by atoms with Crippen molar-refractivity contribution in [2.24, 2.45) is 11.3 Å². The van der Waals surface area contributed by atoms with Gasteiger partial charge >= 0.3 is 0 Å². The number of ether oxygens (including phenoxy) is 1. The van der Waals surface area contributed by atoms with E-state index in [1.165, 1.54) is 31.5 Å². The average Bonchev–Trinajstić information content (AvgIpc) is 2.69. The molecule has 0 spiro atoms. The van der Waals surface area contributed by atoms with Gasteiger partial charge in [-0.1, -0.05) is 52.8 Å². The Kier molecular flexibility index (Phi) is 12.7. The second-order valence-corrected chi connectivity index (χ2v) is 9.28. The van der Waals surface area contributed by atoms with Crippen molar-refractivity contribution in [1.82, 2.24) is 4.90 Å². The molecule has 1 fully saturated rings. The molecule has 1 aromatic rings. The van der Waals surface area contributed by atoms with Crippen LogP contribution in [-0.2, 0) is 15.0 Å². The Morgan fingerprint density at radius 3 is 2.07 bits per heavy atom. The van der Waals surface area contributed by atoms with Crippen molar-refractivity contribution in [3.05, 3.63) is 29.8 Å². The van der Waals surface area contributed by atoms with Gasteiger partial charge in [0.25, 0.3) is 0 Å². The number of aldehydes is 2. The van der Waals surface area contributed by atoms with Crippen molar-refractivity contribution in [2.45, 2.75) is 59.3 Å². The standard InChI is InChI=1S/C17H27NO.C6H10O2.CH4O/c1-17(2,3)15-7-5-6-8-16(15)19-13-14-9-11-18(4)12-10-14;1-6(2,5-8)3-4-7;1-2/h5-8,14H,9-13H2,1-4H3;4-5H,3H2,1-2H3;2H,1H3. The summed E-state index contributed by atoms with van der Waals surface area (Å²) in [5.41, 5.74) is 0.994. The Bertz CT molecular complexity index is 585. The zero-order chi connectivity index (χ0) is 22.5. The lowest BCUT2D eigenvalue weighted by Gasteiger charge is -2.29. The summed E-state index contributed by atoms with van der Waals surface area (Å²) in [4.78, 5) is 22.3. The molecule has 0 radical (unpaired) electrons. The fourth-order valence-corrected chi connectivity index (χ4v) is 2.91. The molecule has 1 saturated heterocycles. The normalized spacial score (nSPS) is 15.3. The molecular weight excluding hydrogens is 366 g/mol. The lowest BCUT2D eigenvalue weighted by molar-refractivity contribution is -0.119. The fourth-order valence-electron chi connectivity index (χ4n) is 2.91. The highest BCUT2D eigenvalue weighted by Gasteiger charge is 2.21. The Balaban J connectivity index is 0.000000664. The molecule has 1 aliphatic rings. The van der Waals surface area contributed by atoms with E-state index in [4.69, 9.17) is 9.84 Å². The van der Waals surface area contributed by atoms with Crippen LogP contribution in [0.25, 0.3) is 0 Å². The minimum Gasteiger partial charge on any atom is -0.493 e. The summed E-state index contributed by atoms with van der Waals surface area (Å²) in [6.45, 7) is 13.5. The lowest BCUT2D eigenvalue weighted by atomic mass is 9.86. The van der Waals surface area contributed by atoms with E-state index >= 15 is 0 Å². The third kappa shape index (κ3) is 11.1. The molecule has 0 amide bonds. The monoisotopic (exact) mass is 407 g/mol. The van der Waals surface area contributed by atoms with Crippen LogP contribution in [0.1, 0.15) is 59.4 Å². The maximum absolute atomic E-state index is 10.1. The zero-order valence-electron chi connectivity index (χ0n) is 19.4. The topological polar surface area (TPSA) is 66.8 Å². The van der Waals surface area contributed by atoms with E-state index in [1.807, 2.05) is 0 Å². The number of para-hydroxylation sites is 1. The number of aliphatic hydroxyl groups excluding tert-OH is 1. The molecule has 0 aromatic heterocycles. The van der Waals surface area contributed by atoms with Crippen molar-refractivity contribution < 1.29 is 19.4 Å². The van der Waals surface area contributed by atoms with Gasteiger partial charge in [0.05, 0.1) is 6.61 Å². The number of aliphatic hydroxyl groups is 1. The Labute approximate surface area is 177 Å². The zero-order valence-corrected chi connectivity index (χ0v) is 19.4. The number of rotatable bonds is 6.